The van der Waals surface area contributed by atoms with Gasteiger partial charge in [-0.3, -0.25) is 15.0 Å². The Morgan fingerprint density at radius 2 is 1.67 bits per heavy atom. The molecule has 0 unspecified atom stereocenters. The van der Waals surface area contributed by atoms with E-state index in [0.717, 1.165) is 5.56 Å². The van der Waals surface area contributed by atoms with Crippen LogP contribution in [-0.2, 0) is 0 Å². The Morgan fingerprint density at radius 1 is 0.875 bits per heavy atom. The number of hydrogen-bond acceptors (Lipinski definition) is 4. The second-order valence-electron chi connectivity index (χ2n) is 5.43. The molecule has 4 aromatic rings. The van der Waals surface area contributed by atoms with Gasteiger partial charge in [0.05, 0.1) is 11.1 Å². The molecule has 0 saturated heterocycles. The van der Waals surface area contributed by atoms with E-state index in [0.29, 0.717) is 27.9 Å². The monoisotopic (exact) mass is 319 g/mol. The number of phenols is 2. The molecule has 0 aliphatic carbocycles. The Labute approximate surface area is 136 Å². The van der Waals surface area contributed by atoms with Crippen LogP contribution < -0.4 is 5.56 Å². The zero-order valence-electron chi connectivity index (χ0n) is 12.4. The van der Waals surface area contributed by atoms with Crippen molar-refractivity contribution < 1.29 is 10.2 Å². The van der Waals surface area contributed by atoms with E-state index in [1.165, 1.54) is 12.1 Å². The van der Waals surface area contributed by atoms with E-state index in [-0.39, 0.29) is 17.1 Å². The van der Waals surface area contributed by atoms with Gasteiger partial charge in [-0.2, -0.15) is 0 Å². The largest absolute Gasteiger partial charge is 0.508 e. The normalized spacial score (nSPS) is 11.0. The van der Waals surface area contributed by atoms with Crippen molar-refractivity contribution in [2.45, 2.75) is 0 Å². The molecule has 0 spiro atoms. The maximum Gasteiger partial charge on any atom is 0.273 e. The van der Waals surface area contributed by atoms with Gasteiger partial charge in [-0.25, -0.2) is 4.98 Å². The molecule has 0 atom stereocenters. The molecule has 2 aromatic heterocycles. The molecular formula is C18H13N3O3. The van der Waals surface area contributed by atoms with Crippen LogP contribution >= 0.6 is 0 Å². The Morgan fingerprint density at radius 3 is 2.42 bits per heavy atom. The smallest absolute Gasteiger partial charge is 0.273 e. The zero-order valence-corrected chi connectivity index (χ0v) is 12.4. The number of rotatable bonds is 2. The van der Waals surface area contributed by atoms with Gasteiger partial charge in [0.1, 0.15) is 11.5 Å². The van der Waals surface area contributed by atoms with Gasteiger partial charge >= 0.3 is 0 Å². The van der Waals surface area contributed by atoms with Crippen LogP contribution in [0.2, 0.25) is 0 Å². The molecule has 4 N–H and O–H groups in total. The highest BCUT2D eigenvalue weighted by atomic mass is 16.3. The van der Waals surface area contributed by atoms with E-state index >= 15 is 0 Å². The number of H-pyrrole nitrogens is 2. The second kappa shape index (κ2) is 5.27. The lowest BCUT2D eigenvalue weighted by molar-refractivity contribution is 0.452. The number of hydrogen-bond donors (Lipinski definition) is 4. The first-order chi connectivity index (χ1) is 11.6. The quantitative estimate of drug-likeness (QED) is 0.456. The van der Waals surface area contributed by atoms with E-state index in [2.05, 4.69) is 15.2 Å². The molecule has 0 amide bonds. The van der Waals surface area contributed by atoms with Gasteiger partial charge < -0.3 is 10.2 Å². The minimum absolute atomic E-state index is 0.0337. The van der Waals surface area contributed by atoms with Crippen molar-refractivity contribution in [1.82, 2.24) is 15.2 Å². The van der Waals surface area contributed by atoms with Crippen LogP contribution in [0.5, 0.6) is 11.5 Å². The average Bonchev–Trinajstić information content (AvgIpc) is 2.95. The lowest BCUT2D eigenvalue weighted by atomic mass is 9.98. The number of aromatic amines is 2. The third-order valence-corrected chi connectivity index (χ3v) is 3.88. The molecule has 6 heteroatoms. The minimum Gasteiger partial charge on any atom is -0.508 e. The molecule has 6 nitrogen and oxygen atoms in total. The fourth-order valence-electron chi connectivity index (χ4n) is 2.73. The van der Waals surface area contributed by atoms with Crippen LogP contribution in [0.25, 0.3) is 33.4 Å². The predicted octanol–water partition coefficient (Wildman–Crippen LogP) is 3.00. The number of nitrogens with zero attached hydrogens (tertiary/aromatic N) is 1. The number of aromatic hydroxyl groups is 2. The summed E-state index contributed by atoms with van der Waals surface area (Å²) in [5.41, 5.74) is 2.72. The van der Waals surface area contributed by atoms with E-state index in [4.69, 9.17) is 0 Å². The van der Waals surface area contributed by atoms with E-state index in [9.17, 15) is 15.0 Å². The van der Waals surface area contributed by atoms with Crippen LogP contribution in [0.15, 0.2) is 59.4 Å². The summed E-state index contributed by atoms with van der Waals surface area (Å²) in [5.74, 6) is -0.120. The molecule has 24 heavy (non-hydrogen) atoms. The van der Waals surface area contributed by atoms with Gasteiger partial charge in [0.25, 0.3) is 5.56 Å². The van der Waals surface area contributed by atoms with Gasteiger partial charge in [-0.15, -0.1) is 0 Å². The molecule has 118 valence electrons. The average molecular weight is 319 g/mol. The summed E-state index contributed by atoms with van der Waals surface area (Å²) in [6, 6.07) is 15.6. The molecule has 2 aromatic carbocycles. The first-order valence-electron chi connectivity index (χ1n) is 7.32. The van der Waals surface area contributed by atoms with Gasteiger partial charge in [0, 0.05) is 17.2 Å². The summed E-state index contributed by atoms with van der Waals surface area (Å²) in [4.78, 5) is 16.4. The lowest BCUT2D eigenvalue weighted by Crippen LogP contribution is -1.98. The molecule has 4 rings (SSSR count). The van der Waals surface area contributed by atoms with Crippen LogP contribution in [0.4, 0.5) is 0 Å². The number of phenolic OH excluding ortho intramolecular Hbond substituents is 2. The number of nitrogens with one attached hydrogen (secondary N) is 2. The highest BCUT2D eigenvalue weighted by molar-refractivity contribution is 5.91. The molecule has 0 fully saturated rings. The maximum atomic E-state index is 11.9. The number of fused-ring (bicyclic) bond motifs is 1. The van der Waals surface area contributed by atoms with Crippen molar-refractivity contribution in [3.8, 4) is 33.9 Å². The molecule has 0 aliphatic heterocycles. The molecule has 0 aliphatic rings. The first-order valence-corrected chi connectivity index (χ1v) is 7.32. The fraction of sp³-hybridized carbons (Fsp3) is 0. The predicted molar refractivity (Wildman–Crippen MR) is 90.9 cm³/mol. The van der Waals surface area contributed by atoms with Crippen LogP contribution in [0.1, 0.15) is 0 Å². The summed E-state index contributed by atoms with van der Waals surface area (Å²) in [6.45, 7) is 0. The van der Waals surface area contributed by atoms with E-state index in [1.54, 1.807) is 12.1 Å². The number of pyridine rings is 1. The number of benzene rings is 2. The maximum absolute atomic E-state index is 11.9. The third-order valence-electron chi connectivity index (χ3n) is 3.88. The minimum atomic E-state index is -0.254. The van der Waals surface area contributed by atoms with Gasteiger partial charge in [-0.05, 0) is 23.8 Å². The molecule has 0 bridgehead atoms. The standard InChI is InChI=1S/C18H13N3O3/c22-11-6-7-12(15(23)8-11)16-13(10-4-2-1-3-5-10)9-14-17(19-16)20-21-18(14)24/h1-9,22-23H,(H2,19,20,21,24). The van der Waals surface area contributed by atoms with Crippen molar-refractivity contribution in [2.24, 2.45) is 0 Å². The summed E-state index contributed by atoms with van der Waals surface area (Å²) in [6.07, 6.45) is 0. The van der Waals surface area contributed by atoms with Crippen molar-refractivity contribution in [1.29, 1.82) is 0 Å². The van der Waals surface area contributed by atoms with E-state index < -0.39 is 0 Å². The zero-order chi connectivity index (χ0) is 16.7. The second-order valence-corrected chi connectivity index (χ2v) is 5.43. The first kappa shape index (κ1) is 14.1. The molecule has 2 heterocycles. The lowest BCUT2D eigenvalue weighted by Gasteiger charge is -2.11. The third kappa shape index (κ3) is 2.21. The topological polar surface area (TPSA) is 102 Å². The summed E-state index contributed by atoms with van der Waals surface area (Å²) < 4.78 is 0. The molecular weight excluding hydrogens is 306 g/mol. The van der Waals surface area contributed by atoms with Gasteiger partial charge in [0.15, 0.2) is 5.65 Å². The van der Waals surface area contributed by atoms with Gasteiger partial charge in [0.2, 0.25) is 0 Å². The van der Waals surface area contributed by atoms with Crippen LogP contribution in [0, 0.1) is 0 Å². The van der Waals surface area contributed by atoms with Crippen molar-refractivity contribution in [2.75, 3.05) is 0 Å². The highest BCUT2D eigenvalue weighted by Crippen LogP contribution is 2.37. The van der Waals surface area contributed by atoms with Crippen LogP contribution in [-0.4, -0.2) is 25.4 Å². The van der Waals surface area contributed by atoms with Crippen molar-refractivity contribution in [3.63, 3.8) is 0 Å². The molecule has 0 saturated carbocycles. The Bertz CT molecular complexity index is 1100. The van der Waals surface area contributed by atoms with Gasteiger partial charge in [-0.1, -0.05) is 30.3 Å². The van der Waals surface area contributed by atoms with Crippen molar-refractivity contribution in [3.05, 3.63) is 65.0 Å². The van der Waals surface area contributed by atoms with E-state index in [1.807, 2.05) is 30.3 Å². The van der Waals surface area contributed by atoms with Crippen molar-refractivity contribution >= 4 is 11.0 Å². The number of aromatic nitrogens is 3. The Balaban J connectivity index is 2.08. The Kier molecular flexibility index (Phi) is 3.09. The summed E-state index contributed by atoms with van der Waals surface area (Å²) in [5, 5.41) is 25.4. The SMILES string of the molecule is O=c1[nH][nH]c2nc(-c3ccc(O)cc3O)c(-c3ccccc3)cc12. The molecule has 0 radical (unpaired) electrons. The Hall–Kier alpha value is -3.54. The highest BCUT2D eigenvalue weighted by Gasteiger charge is 2.16. The summed E-state index contributed by atoms with van der Waals surface area (Å²) >= 11 is 0. The fourth-order valence-corrected chi connectivity index (χ4v) is 2.73. The summed E-state index contributed by atoms with van der Waals surface area (Å²) in [7, 11) is 0. The van der Waals surface area contributed by atoms with Crippen LogP contribution in [0.3, 0.4) is 0 Å².